The normalized spacial score (nSPS) is 13.9. The lowest BCUT2D eigenvalue weighted by atomic mass is 10.1. The SMILES string of the molecule is CC(N)Cc1cn(NC(C)Cc2c[nH]c3ccc(F)cc23)c2cc(F)ccc12. The van der Waals surface area contributed by atoms with Gasteiger partial charge in [-0.1, -0.05) is 0 Å². The van der Waals surface area contributed by atoms with Crippen molar-refractivity contribution in [1.82, 2.24) is 9.66 Å². The summed E-state index contributed by atoms with van der Waals surface area (Å²) in [5.74, 6) is -0.526. The molecule has 0 radical (unpaired) electrons. The molecule has 0 aliphatic rings. The summed E-state index contributed by atoms with van der Waals surface area (Å²) in [5, 5.41) is 1.88. The van der Waals surface area contributed by atoms with E-state index in [2.05, 4.69) is 17.3 Å². The number of benzene rings is 2. The summed E-state index contributed by atoms with van der Waals surface area (Å²) < 4.78 is 29.3. The Balaban J connectivity index is 1.61. The van der Waals surface area contributed by atoms with E-state index in [9.17, 15) is 8.78 Å². The molecule has 4 rings (SSSR count). The zero-order valence-corrected chi connectivity index (χ0v) is 16.0. The molecule has 4 N–H and O–H groups in total. The molecule has 4 aromatic rings. The topological polar surface area (TPSA) is 58.8 Å². The minimum atomic E-state index is -0.277. The summed E-state index contributed by atoms with van der Waals surface area (Å²) >= 11 is 0. The van der Waals surface area contributed by atoms with Gasteiger partial charge in [-0.05, 0) is 68.1 Å². The van der Waals surface area contributed by atoms with Crippen molar-refractivity contribution in [3.63, 3.8) is 0 Å². The van der Waals surface area contributed by atoms with Gasteiger partial charge in [-0.3, -0.25) is 4.68 Å². The van der Waals surface area contributed by atoms with Crippen LogP contribution >= 0.6 is 0 Å². The number of halogens is 2. The van der Waals surface area contributed by atoms with Gasteiger partial charge in [-0.25, -0.2) is 8.78 Å². The highest BCUT2D eigenvalue weighted by Crippen LogP contribution is 2.24. The third kappa shape index (κ3) is 3.60. The molecule has 0 saturated carbocycles. The highest BCUT2D eigenvalue weighted by molar-refractivity contribution is 5.85. The maximum atomic E-state index is 13.8. The first kappa shape index (κ1) is 18.5. The first-order chi connectivity index (χ1) is 13.4. The molecule has 2 aromatic heterocycles. The Labute approximate surface area is 162 Å². The Kier molecular flexibility index (Phi) is 4.81. The van der Waals surface area contributed by atoms with Gasteiger partial charge in [0.1, 0.15) is 11.6 Å². The summed E-state index contributed by atoms with van der Waals surface area (Å²) in [5.41, 5.74) is 13.2. The third-order valence-electron chi connectivity index (χ3n) is 5.01. The van der Waals surface area contributed by atoms with E-state index in [0.29, 0.717) is 12.8 Å². The van der Waals surface area contributed by atoms with E-state index in [1.807, 2.05) is 24.0 Å². The van der Waals surface area contributed by atoms with E-state index >= 15 is 0 Å². The van der Waals surface area contributed by atoms with Crippen LogP contribution in [-0.4, -0.2) is 21.7 Å². The lowest BCUT2D eigenvalue weighted by Crippen LogP contribution is -2.26. The summed E-state index contributed by atoms with van der Waals surface area (Å²) in [6, 6.07) is 9.61. The van der Waals surface area contributed by atoms with Gasteiger partial charge in [-0.15, -0.1) is 0 Å². The molecule has 0 aliphatic heterocycles. The zero-order valence-electron chi connectivity index (χ0n) is 16.0. The van der Waals surface area contributed by atoms with Gasteiger partial charge < -0.3 is 16.1 Å². The molecular formula is C22H24F2N4. The lowest BCUT2D eigenvalue weighted by molar-refractivity contribution is 0.628. The van der Waals surface area contributed by atoms with Gasteiger partial charge in [0.2, 0.25) is 0 Å². The molecule has 2 aromatic carbocycles. The second kappa shape index (κ2) is 7.28. The number of fused-ring (bicyclic) bond motifs is 2. The van der Waals surface area contributed by atoms with Crippen LogP contribution in [0.15, 0.2) is 48.8 Å². The predicted octanol–water partition coefficient (Wildman–Crippen LogP) is 4.47. The minimum absolute atomic E-state index is 0.0163. The van der Waals surface area contributed by atoms with Gasteiger partial charge in [0.05, 0.1) is 5.52 Å². The van der Waals surface area contributed by atoms with Crippen molar-refractivity contribution in [3.8, 4) is 0 Å². The van der Waals surface area contributed by atoms with Crippen molar-refractivity contribution < 1.29 is 8.78 Å². The van der Waals surface area contributed by atoms with Gasteiger partial charge in [0, 0.05) is 46.8 Å². The monoisotopic (exact) mass is 382 g/mol. The van der Waals surface area contributed by atoms with Crippen molar-refractivity contribution in [2.45, 2.75) is 38.8 Å². The summed E-state index contributed by atoms with van der Waals surface area (Å²) in [4.78, 5) is 3.18. The van der Waals surface area contributed by atoms with Crippen LogP contribution in [0.2, 0.25) is 0 Å². The molecule has 0 saturated heterocycles. The first-order valence-corrected chi connectivity index (χ1v) is 9.48. The average Bonchev–Trinajstić information content (AvgIpc) is 3.16. The number of aromatic nitrogens is 2. The smallest absolute Gasteiger partial charge is 0.125 e. The Morgan fingerprint density at radius 3 is 2.54 bits per heavy atom. The van der Waals surface area contributed by atoms with Crippen LogP contribution in [0.1, 0.15) is 25.0 Å². The molecule has 0 aliphatic carbocycles. The molecule has 28 heavy (non-hydrogen) atoms. The van der Waals surface area contributed by atoms with Crippen LogP contribution in [0.25, 0.3) is 21.8 Å². The molecule has 0 bridgehead atoms. The van der Waals surface area contributed by atoms with Crippen molar-refractivity contribution in [3.05, 3.63) is 71.6 Å². The van der Waals surface area contributed by atoms with E-state index in [-0.39, 0.29) is 23.7 Å². The summed E-state index contributed by atoms with van der Waals surface area (Å²) in [6.45, 7) is 4.01. The zero-order chi connectivity index (χ0) is 19.8. The van der Waals surface area contributed by atoms with Gasteiger partial charge >= 0.3 is 0 Å². The Hall–Kier alpha value is -2.86. The Morgan fingerprint density at radius 1 is 1.00 bits per heavy atom. The fourth-order valence-electron chi connectivity index (χ4n) is 3.82. The molecule has 0 spiro atoms. The molecule has 2 unspecified atom stereocenters. The van der Waals surface area contributed by atoms with E-state index in [0.717, 1.165) is 32.9 Å². The van der Waals surface area contributed by atoms with Crippen LogP contribution in [0.3, 0.4) is 0 Å². The highest BCUT2D eigenvalue weighted by atomic mass is 19.1. The van der Waals surface area contributed by atoms with Gasteiger partial charge in [0.15, 0.2) is 0 Å². The number of H-pyrrole nitrogens is 1. The molecule has 4 nitrogen and oxygen atoms in total. The second-order valence-electron chi connectivity index (χ2n) is 7.61. The van der Waals surface area contributed by atoms with E-state index in [1.54, 1.807) is 18.2 Å². The minimum Gasteiger partial charge on any atom is -0.361 e. The number of nitrogens with one attached hydrogen (secondary N) is 2. The van der Waals surface area contributed by atoms with Gasteiger partial charge in [0.25, 0.3) is 0 Å². The summed E-state index contributed by atoms with van der Waals surface area (Å²) in [6.07, 6.45) is 5.31. The van der Waals surface area contributed by atoms with Crippen molar-refractivity contribution in [2.75, 3.05) is 5.43 Å². The Morgan fingerprint density at radius 2 is 1.75 bits per heavy atom. The largest absolute Gasteiger partial charge is 0.361 e. The van der Waals surface area contributed by atoms with E-state index < -0.39 is 0 Å². The quantitative estimate of drug-likeness (QED) is 0.461. The maximum Gasteiger partial charge on any atom is 0.125 e. The third-order valence-corrected chi connectivity index (χ3v) is 5.01. The molecule has 146 valence electrons. The average molecular weight is 382 g/mol. The van der Waals surface area contributed by atoms with Crippen molar-refractivity contribution in [2.24, 2.45) is 5.73 Å². The standard InChI is InChI=1S/C22H24F2N4/c1-13(25)7-16-12-28(22-10-18(24)3-5-19(16)22)27-14(2)8-15-11-26-21-6-4-17(23)9-20(15)21/h3-6,9-14,26-27H,7-8,25H2,1-2H3. The molecular weight excluding hydrogens is 358 g/mol. The summed E-state index contributed by atoms with van der Waals surface area (Å²) in [7, 11) is 0. The second-order valence-corrected chi connectivity index (χ2v) is 7.61. The van der Waals surface area contributed by atoms with Crippen LogP contribution in [-0.2, 0) is 12.8 Å². The maximum absolute atomic E-state index is 13.8. The van der Waals surface area contributed by atoms with Crippen LogP contribution in [0, 0.1) is 11.6 Å². The number of rotatable bonds is 6. The number of nitrogens with two attached hydrogens (primary N) is 1. The fraction of sp³-hybridized carbons (Fsp3) is 0.273. The predicted molar refractivity (Wildman–Crippen MR) is 110 cm³/mol. The lowest BCUT2D eigenvalue weighted by Gasteiger charge is -2.17. The van der Waals surface area contributed by atoms with Crippen LogP contribution < -0.4 is 11.2 Å². The van der Waals surface area contributed by atoms with Crippen LogP contribution in [0.4, 0.5) is 8.78 Å². The number of aromatic amines is 1. The number of hydrogen-bond acceptors (Lipinski definition) is 2. The first-order valence-electron chi connectivity index (χ1n) is 9.48. The number of hydrogen-bond donors (Lipinski definition) is 3. The molecule has 6 heteroatoms. The van der Waals surface area contributed by atoms with Crippen LogP contribution in [0.5, 0.6) is 0 Å². The fourth-order valence-corrected chi connectivity index (χ4v) is 3.82. The van der Waals surface area contributed by atoms with E-state index in [4.69, 9.17) is 5.73 Å². The van der Waals surface area contributed by atoms with Crippen molar-refractivity contribution >= 4 is 21.8 Å². The highest BCUT2D eigenvalue weighted by Gasteiger charge is 2.14. The molecule has 0 amide bonds. The van der Waals surface area contributed by atoms with Gasteiger partial charge in [-0.2, -0.15) is 0 Å². The van der Waals surface area contributed by atoms with E-state index in [1.165, 1.54) is 18.2 Å². The number of nitrogens with zero attached hydrogens (tertiary/aromatic N) is 1. The molecule has 2 heterocycles. The molecule has 0 fully saturated rings. The molecule has 2 atom stereocenters. The van der Waals surface area contributed by atoms with Crippen molar-refractivity contribution in [1.29, 1.82) is 0 Å². The Bertz CT molecular complexity index is 1130.